The second-order valence-corrected chi connectivity index (χ2v) is 8.88. The Morgan fingerprint density at radius 1 is 1.28 bits per heavy atom. The summed E-state index contributed by atoms with van der Waals surface area (Å²) >= 11 is 0. The molecule has 0 radical (unpaired) electrons. The molecule has 1 atom stereocenters. The van der Waals surface area contributed by atoms with Crippen molar-refractivity contribution in [3.05, 3.63) is 65.2 Å². The van der Waals surface area contributed by atoms with Gasteiger partial charge in [-0.3, -0.25) is 9.78 Å². The van der Waals surface area contributed by atoms with Crippen LogP contribution in [0.1, 0.15) is 35.0 Å². The van der Waals surface area contributed by atoms with E-state index in [0.717, 1.165) is 5.56 Å². The lowest BCUT2D eigenvalue weighted by Crippen LogP contribution is -2.46. The highest BCUT2D eigenvalue weighted by atomic mass is 32.2. The van der Waals surface area contributed by atoms with Crippen LogP contribution in [0, 0.1) is 5.82 Å². The Morgan fingerprint density at radius 3 is 2.64 bits per heavy atom. The van der Waals surface area contributed by atoms with Crippen molar-refractivity contribution in [2.45, 2.75) is 25.3 Å². The largest absolute Gasteiger partial charge is 0.346 e. The lowest BCUT2D eigenvalue weighted by atomic mass is 10.0. The van der Waals surface area contributed by atoms with E-state index in [0.29, 0.717) is 24.1 Å². The average molecular weight is 362 g/mol. The third-order valence-electron chi connectivity index (χ3n) is 4.30. The van der Waals surface area contributed by atoms with Crippen LogP contribution in [0.2, 0.25) is 0 Å². The molecule has 1 aliphatic rings. The predicted octanol–water partition coefficient (Wildman–Crippen LogP) is 2.12. The number of nitrogens with zero attached hydrogens (tertiary/aromatic N) is 1. The van der Waals surface area contributed by atoms with E-state index in [4.69, 9.17) is 0 Å². The first-order chi connectivity index (χ1) is 11.7. The number of sulfone groups is 1. The average Bonchev–Trinajstić information content (AvgIpc) is 2.83. The quantitative estimate of drug-likeness (QED) is 0.904. The van der Waals surface area contributed by atoms with E-state index < -0.39 is 15.4 Å². The number of carbonyl (C=O) groups is 1. The maximum atomic E-state index is 13.0. The third kappa shape index (κ3) is 4.42. The summed E-state index contributed by atoms with van der Waals surface area (Å²) in [4.78, 5) is 16.7. The Morgan fingerprint density at radius 2 is 2.00 bits per heavy atom. The molecule has 25 heavy (non-hydrogen) atoms. The highest BCUT2D eigenvalue weighted by molar-refractivity contribution is 7.91. The van der Waals surface area contributed by atoms with Crippen LogP contribution in [0.3, 0.4) is 0 Å². The van der Waals surface area contributed by atoms with Crippen LogP contribution in [-0.4, -0.2) is 36.4 Å². The summed E-state index contributed by atoms with van der Waals surface area (Å²) < 4.78 is 36.3. The Kier molecular flexibility index (Phi) is 4.60. The molecule has 7 heteroatoms. The zero-order valence-corrected chi connectivity index (χ0v) is 14.6. The summed E-state index contributed by atoms with van der Waals surface area (Å²) in [5, 5.41) is 2.83. The van der Waals surface area contributed by atoms with E-state index in [2.05, 4.69) is 10.3 Å². The van der Waals surface area contributed by atoms with Crippen LogP contribution in [0.15, 0.2) is 42.6 Å². The van der Waals surface area contributed by atoms with Crippen LogP contribution in [0.25, 0.3) is 0 Å². The second-order valence-electron chi connectivity index (χ2n) is 6.70. The molecule has 0 saturated carbocycles. The highest BCUT2D eigenvalue weighted by Gasteiger charge is 2.39. The second kappa shape index (κ2) is 6.55. The fourth-order valence-corrected chi connectivity index (χ4v) is 5.08. The smallest absolute Gasteiger partial charge is 0.251 e. The van der Waals surface area contributed by atoms with E-state index in [-0.39, 0.29) is 23.2 Å². The molecule has 1 aromatic carbocycles. The lowest BCUT2D eigenvalue weighted by molar-refractivity contribution is 0.0915. The number of benzene rings is 1. The molecule has 1 fully saturated rings. The first-order valence-electron chi connectivity index (χ1n) is 7.97. The number of rotatable bonds is 4. The van der Waals surface area contributed by atoms with Gasteiger partial charge in [0.05, 0.1) is 17.0 Å². The number of amides is 1. The Hall–Kier alpha value is -2.28. The lowest BCUT2D eigenvalue weighted by Gasteiger charge is -2.23. The van der Waals surface area contributed by atoms with Gasteiger partial charge in [0, 0.05) is 23.9 Å². The number of nitrogens with one attached hydrogen (secondary N) is 1. The first-order valence-corrected chi connectivity index (χ1v) is 9.79. The predicted molar refractivity (Wildman–Crippen MR) is 92.6 cm³/mol. The van der Waals surface area contributed by atoms with E-state index >= 15 is 0 Å². The molecule has 1 amide bonds. The van der Waals surface area contributed by atoms with Crippen molar-refractivity contribution in [1.82, 2.24) is 10.3 Å². The molecule has 1 N–H and O–H groups in total. The van der Waals surface area contributed by atoms with Crippen molar-refractivity contribution in [3.8, 4) is 0 Å². The van der Waals surface area contributed by atoms with Crippen LogP contribution in [-0.2, 0) is 16.3 Å². The van der Waals surface area contributed by atoms with Gasteiger partial charge >= 0.3 is 0 Å². The fraction of sp³-hybridized carbons (Fsp3) is 0.333. The van der Waals surface area contributed by atoms with Crippen molar-refractivity contribution < 1.29 is 17.6 Å². The van der Waals surface area contributed by atoms with Gasteiger partial charge in [-0.25, -0.2) is 12.8 Å². The van der Waals surface area contributed by atoms with Crippen LogP contribution in [0.4, 0.5) is 4.39 Å². The molecule has 1 unspecified atom stereocenters. The Labute approximate surface area is 146 Å². The summed E-state index contributed by atoms with van der Waals surface area (Å²) in [7, 11) is -3.09. The number of hydrogen-bond acceptors (Lipinski definition) is 4. The van der Waals surface area contributed by atoms with E-state index in [9.17, 15) is 17.6 Å². The summed E-state index contributed by atoms with van der Waals surface area (Å²) in [6.45, 7) is 1.75. The van der Waals surface area contributed by atoms with Crippen LogP contribution >= 0.6 is 0 Å². The third-order valence-corrected chi connectivity index (χ3v) is 6.20. The summed E-state index contributed by atoms with van der Waals surface area (Å²) in [5.41, 5.74) is 1.26. The van der Waals surface area contributed by atoms with Crippen molar-refractivity contribution >= 4 is 15.7 Å². The number of hydrogen-bond donors (Lipinski definition) is 1. The van der Waals surface area contributed by atoms with Crippen LogP contribution < -0.4 is 5.32 Å². The van der Waals surface area contributed by atoms with Gasteiger partial charge in [-0.05, 0) is 43.2 Å². The molecular formula is C18H19FN2O3S. The fourth-order valence-electron chi connectivity index (χ4n) is 2.98. The summed E-state index contributed by atoms with van der Waals surface area (Å²) in [6, 6.07) is 9.38. The molecule has 2 heterocycles. The monoisotopic (exact) mass is 362 g/mol. The molecule has 1 aliphatic heterocycles. The van der Waals surface area contributed by atoms with E-state index in [1.165, 1.54) is 12.1 Å². The number of pyridine rings is 1. The molecular weight excluding hydrogens is 343 g/mol. The van der Waals surface area contributed by atoms with Gasteiger partial charge in [0.2, 0.25) is 0 Å². The minimum absolute atomic E-state index is 0.0424. The maximum Gasteiger partial charge on any atom is 0.251 e. The molecule has 2 aromatic rings. The Bertz CT molecular complexity index is 897. The molecule has 3 rings (SSSR count). The maximum absolute atomic E-state index is 13.0. The molecule has 0 bridgehead atoms. The minimum atomic E-state index is -3.09. The van der Waals surface area contributed by atoms with Gasteiger partial charge in [-0.15, -0.1) is 0 Å². The van der Waals surface area contributed by atoms with Crippen LogP contribution in [0.5, 0.6) is 0 Å². The molecule has 1 saturated heterocycles. The van der Waals surface area contributed by atoms with Gasteiger partial charge in [0.15, 0.2) is 9.84 Å². The highest BCUT2D eigenvalue weighted by Crippen LogP contribution is 2.23. The van der Waals surface area contributed by atoms with Crippen molar-refractivity contribution in [1.29, 1.82) is 0 Å². The Balaban J connectivity index is 1.72. The van der Waals surface area contributed by atoms with Gasteiger partial charge in [0.25, 0.3) is 5.91 Å². The summed E-state index contributed by atoms with van der Waals surface area (Å²) in [5.74, 6) is -0.568. The zero-order chi connectivity index (χ0) is 18.1. The number of carbonyl (C=O) groups excluding carboxylic acids is 1. The van der Waals surface area contributed by atoms with Crippen molar-refractivity contribution in [2.24, 2.45) is 0 Å². The number of halogens is 1. The van der Waals surface area contributed by atoms with Gasteiger partial charge in [0.1, 0.15) is 5.82 Å². The topological polar surface area (TPSA) is 76.1 Å². The van der Waals surface area contributed by atoms with Crippen molar-refractivity contribution in [3.63, 3.8) is 0 Å². The van der Waals surface area contributed by atoms with E-state index in [1.807, 2.05) is 0 Å². The standard InChI is InChI=1S/C18H19FN2O3S/c1-18(7-9-25(23,24)12-18)21-17(22)14-6-8-20-16(11-14)10-13-2-4-15(19)5-3-13/h2-6,8,11H,7,9-10,12H2,1H3,(H,21,22). The summed E-state index contributed by atoms with van der Waals surface area (Å²) in [6.07, 6.45) is 2.43. The van der Waals surface area contributed by atoms with Gasteiger partial charge in [-0.1, -0.05) is 12.1 Å². The minimum Gasteiger partial charge on any atom is -0.346 e. The van der Waals surface area contributed by atoms with Gasteiger partial charge < -0.3 is 5.32 Å². The molecule has 1 aromatic heterocycles. The zero-order valence-electron chi connectivity index (χ0n) is 13.8. The molecule has 0 spiro atoms. The molecule has 0 aliphatic carbocycles. The van der Waals surface area contributed by atoms with Crippen molar-refractivity contribution in [2.75, 3.05) is 11.5 Å². The molecule has 5 nitrogen and oxygen atoms in total. The first kappa shape index (κ1) is 17.5. The molecule has 132 valence electrons. The SMILES string of the molecule is CC1(NC(=O)c2ccnc(Cc3ccc(F)cc3)c2)CCS(=O)(=O)C1. The van der Waals surface area contributed by atoms with Gasteiger partial charge in [-0.2, -0.15) is 0 Å². The number of aromatic nitrogens is 1. The van der Waals surface area contributed by atoms with E-state index in [1.54, 1.807) is 37.4 Å². The normalized spacial score (nSPS) is 21.8.